The van der Waals surface area contributed by atoms with Crippen molar-refractivity contribution in [2.75, 3.05) is 12.8 Å². The van der Waals surface area contributed by atoms with Gasteiger partial charge in [-0.25, -0.2) is 14.8 Å². The van der Waals surface area contributed by atoms with Gasteiger partial charge >= 0.3 is 5.97 Å². The quantitative estimate of drug-likeness (QED) is 0.579. The highest BCUT2D eigenvalue weighted by molar-refractivity contribution is 7.99. The Bertz CT molecular complexity index is 818. The predicted molar refractivity (Wildman–Crippen MR) is 75.9 cm³/mol. The summed E-state index contributed by atoms with van der Waals surface area (Å²) in [7, 11) is 1.29. The second-order valence-electron chi connectivity index (χ2n) is 4.04. The van der Waals surface area contributed by atoms with Crippen LogP contribution in [0.15, 0.2) is 45.3 Å². The van der Waals surface area contributed by atoms with Gasteiger partial charge in [-0.3, -0.25) is 4.98 Å². The standard InChI is InChI=1S/C13H10N4O3S/c1-19-12(18)9-5-15-6-11(16-9)21-13-17-8-3-2-7(14)4-10(8)20-13/h2-6H,14H2,1H3. The molecule has 2 heterocycles. The molecule has 0 radical (unpaired) electrons. The van der Waals surface area contributed by atoms with Crippen LogP contribution in [-0.2, 0) is 4.74 Å². The molecular weight excluding hydrogens is 292 g/mol. The molecule has 0 unspecified atom stereocenters. The van der Waals surface area contributed by atoms with Gasteiger partial charge in [-0.15, -0.1) is 0 Å². The summed E-state index contributed by atoms with van der Waals surface area (Å²) < 4.78 is 10.2. The van der Waals surface area contributed by atoms with Crippen molar-refractivity contribution in [2.24, 2.45) is 0 Å². The topological polar surface area (TPSA) is 104 Å². The number of nitrogens with two attached hydrogens (primary N) is 1. The first-order valence-electron chi connectivity index (χ1n) is 5.90. The minimum Gasteiger partial charge on any atom is -0.464 e. The summed E-state index contributed by atoms with van der Waals surface area (Å²) in [6, 6.07) is 5.22. The first kappa shape index (κ1) is 13.4. The van der Waals surface area contributed by atoms with Gasteiger partial charge in [-0.1, -0.05) is 0 Å². The van der Waals surface area contributed by atoms with E-state index in [1.54, 1.807) is 18.2 Å². The number of esters is 1. The van der Waals surface area contributed by atoms with Gasteiger partial charge in [0.1, 0.15) is 10.5 Å². The van der Waals surface area contributed by atoms with Gasteiger partial charge in [0.2, 0.25) is 0 Å². The minimum atomic E-state index is -0.546. The first-order chi connectivity index (χ1) is 10.2. The lowest BCUT2D eigenvalue weighted by molar-refractivity contribution is 0.0592. The van der Waals surface area contributed by atoms with Crippen molar-refractivity contribution in [2.45, 2.75) is 10.2 Å². The van der Waals surface area contributed by atoms with Crippen LogP contribution in [0.4, 0.5) is 5.69 Å². The zero-order valence-corrected chi connectivity index (χ0v) is 11.8. The molecule has 2 aromatic heterocycles. The Morgan fingerprint density at radius 2 is 2.19 bits per heavy atom. The van der Waals surface area contributed by atoms with Gasteiger partial charge in [-0.05, 0) is 23.9 Å². The van der Waals surface area contributed by atoms with E-state index in [2.05, 4.69) is 19.7 Å². The minimum absolute atomic E-state index is 0.128. The molecule has 21 heavy (non-hydrogen) atoms. The Labute approximate surface area is 123 Å². The SMILES string of the molecule is COC(=O)c1cncc(Sc2nc3ccc(N)cc3o2)n1. The second kappa shape index (κ2) is 5.41. The largest absolute Gasteiger partial charge is 0.464 e. The maximum absolute atomic E-state index is 11.4. The number of fused-ring (bicyclic) bond motifs is 1. The number of anilines is 1. The molecule has 106 valence electrons. The molecule has 8 heteroatoms. The number of hydrogen-bond acceptors (Lipinski definition) is 8. The summed E-state index contributed by atoms with van der Waals surface area (Å²) in [5.74, 6) is -0.546. The second-order valence-corrected chi connectivity index (χ2v) is 5.01. The van der Waals surface area contributed by atoms with Gasteiger partial charge in [-0.2, -0.15) is 0 Å². The summed E-state index contributed by atoms with van der Waals surface area (Å²) in [6.07, 6.45) is 2.85. The smallest absolute Gasteiger partial charge is 0.358 e. The number of carbonyl (C=O) groups excluding carboxylic acids is 1. The molecule has 0 aliphatic heterocycles. The zero-order chi connectivity index (χ0) is 14.8. The zero-order valence-electron chi connectivity index (χ0n) is 10.9. The van der Waals surface area contributed by atoms with Crippen molar-refractivity contribution in [3.8, 4) is 0 Å². The van der Waals surface area contributed by atoms with Crippen LogP contribution < -0.4 is 5.73 Å². The molecule has 1 aromatic carbocycles. The Kier molecular flexibility index (Phi) is 3.44. The highest BCUT2D eigenvalue weighted by Crippen LogP contribution is 2.29. The van der Waals surface area contributed by atoms with E-state index in [0.717, 1.165) is 11.8 Å². The molecular formula is C13H10N4O3S. The molecule has 0 aliphatic carbocycles. The average Bonchev–Trinajstić information content (AvgIpc) is 2.88. The van der Waals surface area contributed by atoms with Crippen LogP contribution in [0, 0.1) is 0 Å². The van der Waals surface area contributed by atoms with Crippen LogP contribution in [0.5, 0.6) is 0 Å². The van der Waals surface area contributed by atoms with E-state index in [9.17, 15) is 4.79 Å². The van der Waals surface area contributed by atoms with Crippen LogP contribution in [0.1, 0.15) is 10.5 Å². The molecule has 0 spiro atoms. The third kappa shape index (κ3) is 2.79. The van der Waals surface area contributed by atoms with Gasteiger partial charge in [0.15, 0.2) is 11.3 Å². The summed E-state index contributed by atoms with van der Waals surface area (Å²) in [4.78, 5) is 23.8. The number of ether oxygens (including phenoxy) is 1. The maximum atomic E-state index is 11.4. The number of methoxy groups -OCH3 is 1. The van der Waals surface area contributed by atoms with Crippen molar-refractivity contribution in [3.05, 3.63) is 36.3 Å². The van der Waals surface area contributed by atoms with E-state index in [0.29, 0.717) is 27.0 Å². The van der Waals surface area contributed by atoms with Crippen LogP contribution in [0.2, 0.25) is 0 Å². The Hall–Kier alpha value is -2.61. The van der Waals surface area contributed by atoms with E-state index >= 15 is 0 Å². The molecule has 2 N–H and O–H groups in total. The lowest BCUT2D eigenvalue weighted by Crippen LogP contribution is -2.05. The average molecular weight is 302 g/mol. The van der Waals surface area contributed by atoms with Crippen molar-refractivity contribution in [1.29, 1.82) is 0 Å². The van der Waals surface area contributed by atoms with Gasteiger partial charge < -0.3 is 14.9 Å². The Morgan fingerprint density at radius 3 is 3.00 bits per heavy atom. The van der Waals surface area contributed by atoms with Crippen molar-refractivity contribution in [3.63, 3.8) is 0 Å². The molecule has 3 rings (SSSR count). The first-order valence-corrected chi connectivity index (χ1v) is 6.71. The molecule has 0 fully saturated rings. The van der Waals surface area contributed by atoms with E-state index in [1.807, 2.05) is 0 Å². The summed E-state index contributed by atoms with van der Waals surface area (Å²) >= 11 is 1.16. The van der Waals surface area contributed by atoms with Crippen molar-refractivity contribution in [1.82, 2.24) is 15.0 Å². The van der Waals surface area contributed by atoms with Crippen LogP contribution in [0.25, 0.3) is 11.1 Å². The summed E-state index contributed by atoms with van der Waals surface area (Å²) in [5.41, 5.74) is 7.70. The van der Waals surface area contributed by atoms with E-state index in [-0.39, 0.29) is 5.69 Å². The summed E-state index contributed by atoms with van der Waals surface area (Å²) in [5, 5.41) is 0.879. The van der Waals surface area contributed by atoms with Crippen LogP contribution in [0.3, 0.4) is 0 Å². The number of carbonyl (C=O) groups is 1. The van der Waals surface area contributed by atoms with Gasteiger partial charge in [0.25, 0.3) is 5.22 Å². The molecule has 0 saturated heterocycles. The fourth-order valence-corrected chi connectivity index (χ4v) is 2.37. The Morgan fingerprint density at radius 1 is 1.33 bits per heavy atom. The maximum Gasteiger partial charge on any atom is 0.358 e. The third-order valence-electron chi connectivity index (χ3n) is 2.59. The molecule has 7 nitrogen and oxygen atoms in total. The number of nitrogens with zero attached hydrogens (tertiary/aromatic N) is 3. The number of benzene rings is 1. The number of aromatic nitrogens is 3. The van der Waals surface area contributed by atoms with Crippen LogP contribution in [-0.4, -0.2) is 28.0 Å². The number of hydrogen-bond donors (Lipinski definition) is 1. The van der Waals surface area contributed by atoms with Crippen molar-refractivity contribution < 1.29 is 13.9 Å². The fraction of sp³-hybridized carbons (Fsp3) is 0.0769. The molecule has 0 atom stereocenters. The predicted octanol–water partition coefficient (Wildman–Crippen LogP) is 2.14. The van der Waals surface area contributed by atoms with Gasteiger partial charge in [0, 0.05) is 11.8 Å². The van der Waals surface area contributed by atoms with E-state index < -0.39 is 5.97 Å². The Balaban J connectivity index is 1.89. The lowest BCUT2D eigenvalue weighted by atomic mass is 10.3. The summed E-state index contributed by atoms with van der Waals surface area (Å²) in [6.45, 7) is 0. The fourth-order valence-electron chi connectivity index (χ4n) is 1.65. The molecule has 0 saturated carbocycles. The molecule has 0 aliphatic rings. The van der Waals surface area contributed by atoms with E-state index in [4.69, 9.17) is 10.2 Å². The van der Waals surface area contributed by atoms with Crippen LogP contribution >= 0.6 is 11.8 Å². The monoisotopic (exact) mass is 302 g/mol. The molecule has 0 amide bonds. The highest BCUT2D eigenvalue weighted by Gasteiger charge is 2.12. The number of rotatable bonds is 3. The molecule has 0 bridgehead atoms. The van der Waals surface area contributed by atoms with E-state index in [1.165, 1.54) is 19.5 Å². The normalized spacial score (nSPS) is 10.7. The van der Waals surface area contributed by atoms with Gasteiger partial charge in [0.05, 0.1) is 19.5 Å². The molecule has 3 aromatic rings. The third-order valence-corrected chi connectivity index (χ3v) is 3.35. The number of nitrogen functional groups attached to an aromatic ring is 1. The van der Waals surface area contributed by atoms with Crippen molar-refractivity contribution >= 4 is 34.5 Å². The number of oxazole rings is 1. The highest BCUT2D eigenvalue weighted by atomic mass is 32.2. The lowest BCUT2D eigenvalue weighted by Gasteiger charge is -1.99.